The Morgan fingerprint density at radius 2 is 1.90 bits per heavy atom. The number of sulfone groups is 1. The van der Waals surface area contributed by atoms with Crippen molar-refractivity contribution in [3.05, 3.63) is 24.3 Å². The first-order valence-corrected chi connectivity index (χ1v) is 8.45. The van der Waals surface area contributed by atoms with Crippen LogP contribution in [0.15, 0.2) is 29.2 Å². The summed E-state index contributed by atoms with van der Waals surface area (Å²) in [5.41, 5.74) is 5.37. The Hall–Kier alpha value is -1.67. The second kappa shape index (κ2) is 7.37. The third-order valence-corrected chi connectivity index (χ3v) is 4.07. The first-order chi connectivity index (χ1) is 9.70. The SMILES string of the molecule is CN(CCC(N)=S)C(=O)COc1ccc(S(C)(=O)=O)cc1. The number of benzene rings is 1. The predicted molar refractivity (Wildman–Crippen MR) is 84.1 cm³/mol. The predicted octanol–water partition coefficient (Wildman–Crippen LogP) is 0.603. The number of hydrogen-bond acceptors (Lipinski definition) is 5. The molecule has 1 aromatic rings. The lowest BCUT2D eigenvalue weighted by molar-refractivity contribution is -0.131. The van der Waals surface area contributed by atoms with Crippen LogP contribution in [0.5, 0.6) is 5.75 Å². The van der Waals surface area contributed by atoms with E-state index in [0.29, 0.717) is 23.7 Å². The van der Waals surface area contributed by atoms with Gasteiger partial charge in [-0.1, -0.05) is 12.2 Å². The maximum atomic E-state index is 11.8. The van der Waals surface area contributed by atoms with Crippen molar-refractivity contribution >= 4 is 33.0 Å². The Balaban J connectivity index is 2.51. The number of nitrogens with zero attached hydrogens (tertiary/aromatic N) is 1. The number of thiocarbonyl (C=S) groups is 1. The van der Waals surface area contributed by atoms with E-state index in [1.165, 1.54) is 29.2 Å². The molecule has 0 aliphatic rings. The third-order valence-electron chi connectivity index (χ3n) is 2.73. The van der Waals surface area contributed by atoms with Crippen LogP contribution in [0.1, 0.15) is 6.42 Å². The average molecular weight is 330 g/mol. The van der Waals surface area contributed by atoms with Gasteiger partial charge in [-0.2, -0.15) is 0 Å². The van der Waals surface area contributed by atoms with Crippen molar-refractivity contribution in [2.24, 2.45) is 5.73 Å². The van der Waals surface area contributed by atoms with Gasteiger partial charge in [0.25, 0.3) is 5.91 Å². The highest BCUT2D eigenvalue weighted by atomic mass is 32.2. The van der Waals surface area contributed by atoms with Crippen LogP contribution >= 0.6 is 12.2 Å². The zero-order valence-electron chi connectivity index (χ0n) is 11.9. The lowest BCUT2D eigenvalue weighted by Crippen LogP contribution is -2.33. The van der Waals surface area contributed by atoms with E-state index in [1.807, 2.05) is 0 Å². The number of carbonyl (C=O) groups is 1. The maximum absolute atomic E-state index is 11.8. The molecule has 6 nitrogen and oxygen atoms in total. The number of amides is 1. The molecule has 0 bridgehead atoms. The summed E-state index contributed by atoms with van der Waals surface area (Å²) in [4.78, 5) is 13.8. The van der Waals surface area contributed by atoms with E-state index < -0.39 is 9.84 Å². The molecule has 0 saturated heterocycles. The molecule has 0 radical (unpaired) electrons. The molecule has 1 rings (SSSR count). The quantitative estimate of drug-likeness (QED) is 0.737. The fourth-order valence-corrected chi connectivity index (χ4v) is 2.16. The minimum atomic E-state index is -3.23. The van der Waals surface area contributed by atoms with E-state index >= 15 is 0 Å². The van der Waals surface area contributed by atoms with Gasteiger partial charge in [0.15, 0.2) is 16.4 Å². The minimum absolute atomic E-state index is 0.133. The smallest absolute Gasteiger partial charge is 0.260 e. The molecule has 21 heavy (non-hydrogen) atoms. The van der Waals surface area contributed by atoms with Crippen LogP contribution in [0.2, 0.25) is 0 Å². The highest BCUT2D eigenvalue weighted by molar-refractivity contribution is 7.90. The maximum Gasteiger partial charge on any atom is 0.260 e. The van der Waals surface area contributed by atoms with Crippen molar-refractivity contribution < 1.29 is 17.9 Å². The standard InChI is InChI=1S/C13H18N2O4S2/c1-15(8-7-12(14)20)13(16)9-19-10-3-5-11(6-4-10)21(2,17)18/h3-6H,7-9H2,1-2H3,(H2,14,20). The molecular formula is C13H18N2O4S2. The van der Waals surface area contributed by atoms with E-state index in [1.54, 1.807) is 7.05 Å². The summed E-state index contributed by atoms with van der Waals surface area (Å²) in [5.74, 6) is 0.219. The highest BCUT2D eigenvalue weighted by Gasteiger charge is 2.11. The summed E-state index contributed by atoms with van der Waals surface area (Å²) in [6.45, 7) is 0.302. The monoisotopic (exact) mass is 330 g/mol. The number of hydrogen-bond donors (Lipinski definition) is 1. The lowest BCUT2D eigenvalue weighted by Gasteiger charge is -2.17. The molecule has 0 saturated carbocycles. The number of nitrogens with two attached hydrogens (primary N) is 1. The van der Waals surface area contributed by atoms with Crippen molar-refractivity contribution in [1.82, 2.24) is 4.90 Å². The fraction of sp³-hybridized carbons (Fsp3) is 0.385. The topological polar surface area (TPSA) is 89.7 Å². The van der Waals surface area contributed by atoms with Gasteiger partial charge in [-0.25, -0.2) is 8.42 Å². The summed E-state index contributed by atoms with van der Waals surface area (Å²) in [7, 11) is -1.60. The third kappa shape index (κ3) is 6.09. The highest BCUT2D eigenvalue weighted by Crippen LogP contribution is 2.15. The Bertz CT molecular complexity index is 612. The molecule has 0 heterocycles. The molecule has 1 amide bonds. The van der Waals surface area contributed by atoms with E-state index in [9.17, 15) is 13.2 Å². The molecular weight excluding hydrogens is 312 g/mol. The molecule has 0 fully saturated rings. The molecule has 1 aromatic carbocycles. The second-order valence-corrected chi connectivity index (χ2v) is 7.10. The van der Waals surface area contributed by atoms with Gasteiger partial charge in [-0.3, -0.25) is 4.79 Å². The summed E-state index contributed by atoms with van der Waals surface area (Å²) < 4.78 is 27.9. The molecule has 0 unspecified atom stereocenters. The van der Waals surface area contributed by atoms with Gasteiger partial charge in [0.2, 0.25) is 0 Å². The Morgan fingerprint density at radius 3 is 2.38 bits per heavy atom. The normalized spacial score (nSPS) is 11.0. The summed E-state index contributed by atoms with van der Waals surface area (Å²) in [6.07, 6.45) is 1.59. The summed E-state index contributed by atoms with van der Waals surface area (Å²) >= 11 is 4.74. The number of likely N-dealkylation sites (N-methyl/N-ethyl adjacent to an activating group) is 1. The van der Waals surface area contributed by atoms with Crippen LogP contribution in [0.3, 0.4) is 0 Å². The first-order valence-electron chi connectivity index (χ1n) is 6.15. The summed E-state index contributed by atoms with van der Waals surface area (Å²) in [5, 5.41) is 0. The molecule has 8 heteroatoms. The van der Waals surface area contributed by atoms with Crippen molar-refractivity contribution in [2.45, 2.75) is 11.3 Å². The fourth-order valence-electron chi connectivity index (χ4n) is 1.44. The van der Waals surface area contributed by atoms with Gasteiger partial charge < -0.3 is 15.4 Å². The van der Waals surface area contributed by atoms with Crippen LogP contribution in [0, 0.1) is 0 Å². The van der Waals surface area contributed by atoms with Crippen molar-refractivity contribution in [2.75, 3.05) is 26.5 Å². The first kappa shape index (κ1) is 17.4. The van der Waals surface area contributed by atoms with Gasteiger partial charge in [0.1, 0.15) is 5.75 Å². The van der Waals surface area contributed by atoms with Crippen molar-refractivity contribution in [3.8, 4) is 5.75 Å². The molecule has 0 spiro atoms. The lowest BCUT2D eigenvalue weighted by atomic mass is 10.3. The minimum Gasteiger partial charge on any atom is -0.484 e. The van der Waals surface area contributed by atoms with E-state index in [4.69, 9.17) is 22.7 Å². The van der Waals surface area contributed by atoms with Crippen molar-refractivity contribution in [1.29, 1.82) is 0 Å². The van der Waals surface area contributed by atoms with Gasteiger partial charge in [-0.05, 0) is 24.3 Å². The number of ether oxygens (including phenoxy) is 1. The van der Waals surface area contributed by atoms with Crippen LogP contribution in [0.4, 0.5) is 0 Å². The van der Waals surface area contributed by atoms with Gasteiger partial charge >= 0.3 is 0 Å². The zero-order chi connectivity index (χ0) is 16.0. The Labute approximate surface area is 129 Å². The van der Waals surface area contributed by atoms with E-state index in [-0.39, 0.29) is 17.4 Å². The van der Waals surface area contributed by atoms with Crippen LogP contribution in [0.25, 0.3) is 0 Å². The number of carbonyl (C=O) groups excluding carboxylic acids is 1. The van der Waals surface area contributed by atoms with E-state index in [0.717, 1.165) is 6.26 Å². The number of rotatable bonds is 7. The molecule has 2 N–H and O–H groups in total. The van der Waals surface area contributed by atoms with Gasteiger partial charge in [0.05, 0.1) is 9.88 Å². The molecule has 0 atom stereocenters. The van der Waals surface area contributed by atoms with Gasteiger partial charge in [-0.15, -0.1) is 0 Å². The zero-order valence-corrected chi connectivity index (χ0v) is 13.5. The second-order valence-electron chi connectivity index (χ2n) is 4.56. The molecule has 0 aromatic heterocycles. The van der Waals surface area contributed by atoms with Crippen LogP contribution < -0.4 is 10.5 Å². The average Bonchev–Trinajstić information content (AvgIpc) is 2.41. The van der Waals surface area contributed by atoms with Crippen molar-refractivity contribution in [3.63, 3.8) is 0 Å². The van der Waals surface area contributed by atoms with Crippen LogP contribution in [-0.2, 0) is 14.6 Å². The molecule has 0 aliphatic carbocycles. The molecule has 0 aliphatic heterocycles. The Morgan fingerprint density at radius 1 is 1.33 bits per heavy atom. The summed E-state index contributed by atoms with van der Waals surface area (Å²) in [6, 6.07) is 5.90. The van der Waals surface area contributed by atoms with E-state index in [2.05, 4.69) is 0 Å². The Kier molecular flexibility index (Phi) is 6.10. The molecule has 116 valence electrons. The largest absolute Gasteiger partial charge is 0.484 e. The van der Waals surface area contributed by atoms with Crippen LogP contribution in [-0.4, -0.2) is 50.7 Å². The van der Waals surface area contributed by atoms with Gasteiger partial charge in [0, 0.05) is 26.3 Å².